The molecule has 0 saturated heterocycles. The number of aromatic nitrogens is 2. The van der Waals surface area contributed by atoms with E-state index in [2.05, 4.69) is 10.4 Å². The number of carbonyl (C=O) groups is 1. The molecule has 1 amide bonds. The summed E-state index contributed by atoms with van der Waals surface area (Å²) >= 11 is 0. The molecule has 0 spiro atoms. The molecule has 1 aliphatic carbocycles. The fourth-order valence-electron chi connectivity index (χ4n) is 2.94. The van der Waals surface area contributed by atoms with Crippen molar-refractivity contribution in [2.75, 3.05) is 6.54 Å². The summed E-state index contributed by atoms with van der Waals surface area (Å²) in [6, 6.07) is 0. The third kappa shape index (κ3) is 2.97. The van der Waals surface area contributed by atoms with E-state index in [4.69, 9.17) is 5.73 Å². The summed E-state index contributed by atoms with van der Waals surface area (Å²) in [6.07, 6.45) is 7.22. The Hall–Kier alpha value is -1.36. The third-order valence-corrected chi connectivity index (χ3v) is 4.24. The third-order valence-electron chi connectivity index (χ3n) is 4.24. The highest BCUT2D eigenvalue weighted by atomic mass is 16.2. The Morgan fingerprint density at radius 1 is 1.47 bits per heavy atom. The summed E-state index contributed by atoms with van der Waals surface area (Å²) in [6.45, 7) is 2.95. The minimum atomic E-state index is -0.339. The zero-order valence-electron chi connectivity index (χ0n) is 11.9. The van der Waals surface area contributed by atoms with Gasteiger partial charge in [-0.3, -0.25) is 9.48 Å². The molecule has 1 aliphatic rings. The molecule has 19 heavy (non-hydrogen) atoms. The van der Waals surface area contributed by atoms with Crippen LogP contribution in [0.15, 0.2) is 6.20 Å². The van der Waals surface area contributed by atoms with Crippen LogP contribution in [0.4, 0.5) is 0 Å². The fraction of sp³-hybridized carbons (Fsp3) is 0.714. The predicted octanol–water partition coefficient (Wildman–Crippen LogP) is 1.25. The lowest BCUT2D eigenvalue weighted by Gasteiger charge is -2.34. The van der Waals surface area contributed by atoms with Crippen LogP contribution in [0.5, 0.6) is 0 Å². The summed E-state index contributed by atoms with van der Waals surface area (Å²) in [5, 5.41) is 7.32. The first-order chi connectivity index (χ1) is 9.07. The first-order valence-corrected chi connectivity index (χ1v) is 7.05. The highest BCUT2D eigenvalue weighted by molar-refractivity contribution is 5.83. The standard InChI is InChI=1S/C14H24N4O/c1-11-12(9-18(2)17-11)8-16-13(19)14(10-15)6-4-3-5-7-14/h9H,3-8,10,15H2,1-2H3,(H,16,19). The number of hydrogen-bond acceptors (Lipinski definition) is 3. The van der Waals surface area contributed by atoms with E-state index in [1.54, 1.807) is 4.68 Å². The van der Waals surface area contributed by atoms with E-state index in [1.807, 2.05) is 20.2 Å². The van der Waals surface area contributed by atoms with Crippen molar-refractivity contribution in [1.82, 2.24) is 15.1 Å². The second kappa shape index (κ2) is 5.74. The number of nitrogens with two attached hydrogens (primary N) is 1. The number of aryl methyl sites for hydroxylation is 2. The minimum absolute atomic E-state index is 0.109. The van der Waals surface area contributed by atoms with Crippen molar-refractivity contribution in [1.29, 1.82) is 0 Å². The quantitative estimate of drug-likeness (QED) is 0.859. The van der Waals surface area contributed by atoms with E-state index in [0.29, 0.717) is 13.1 Å². The molecule has 0 atom stereocenters. The van der Waals surface area contributed by atoms with E-state index >= 15 is 0 Å². The molecule has 1 heterocycles. The lowest BCUT2D eigenvalue weighted by molar-refractivity contribution is -0.132. The number of carbonyl (C=O) groups excluding carboxylic acids is 1. The summed E-state index contributed by atoms with van der Waals surface area (Å²) in [7, 11) is 1.89. The van der Waals surface area contributed by atoms with Crippen LogP contribution in [0.1, 0.15) is 43.4 Å². The molecule has 1 fully saturated rings. The summed E-state index contributed by atoms with van der Waals surface area (Å²) in [5.41, 5.74) is 7.56. The van der Waals surface area contributed by atoms with E-state index in [1.165, 1.54) is 6.42 Å². The Labute approximate surface area is 114 Å². The monoisotopic (exact) mass is 264 g/mol. The summed E-state index contributed by atoms with van der Waals surface area (Å²) in [4.78, 5) is 12.4. The minimum Gasteiger partial charge on any atom is -0.351 e. The fourth-order valence-corrected chi connectivity index (χ4v) is 2.94. The van der Waals surface area contributed by atoms with Gasteiger partial charge in [-0.2, -0.15) is 5.10 Å². The van der Waals surface area contributed by atoms with Crippen molar-refractivity contribution in [2.45, 2.75) is 45.6 Å². The first kappa shape index (κ1) is 14.1. The number of amides is 1. The van der Waals surface area contributed by atoms with Crippen molar-refractivity contribution < 1.29 is 4.79 Å². The van der Waals surface area contributed by atoms with Gasteiger partial charge in [-0.1, -0.05) is 19.3 Å². The molecular weight excluding hydrogens is 240 g/mol. The van der Waals surface area contributed by atoms with Crippen LogP contribution in [-0.4, -0.2) is 22.2 Å². The predicted molar refractivity (Wildman–Crippen MR) is 74.4 cm³/mol. The number of rotatable bonds is 4. The number of nitrogens with one attached hydrogen (secondary N) is 1. The summed E-state index contributed by atoms with van der Waals surface area (Å²) in [5.74, 6) is 0.109. The lowest BCUT2D eigenvalue weighted by Crippen LogP contribution is -2.46. The average molecular weight is 264 g/mol. The molecule has 0 unspecified atom stereocenters. The molecule has 5 nitrogen and oxygen atoms in total. The second-order valence-electron chi connectivity index (χ2n) is 5.64. The molecule has 1 saturated carbocycles. The molecule has 2 rings (SSSR count). The van der Waals surface area contributed by atoms with E-state index in [0.717, 1.165) is 36.9 Å². The van der Waals surface area contributed by atoms with Crippen molar-refractivity contribution in [3.05, 3.63) is 17.5 Å². The second-order valence-corrected chi connectivity index (χ2v) is 5.64. The van der Waals surface area contributed by atoms with Gasteiger partial charge in [0.2, 0.25) is 5.91 Å². The molecule has 1 aromatic rings. The molecule has 0 aromatic carbocycles. The Morgan fingerprint density at radius 3 is 2.68 bits per heavy atom. The van der Waals surface area contributed by atoms with Crippen molar-refractivity contribution >= 4 is 5.91 Å². The molecular formula is C14H24N4O. The number of hydrogen-bond donors (Lipinski definition) is 2. The molecule has 106 valence electrons. The van der Waals surface area contributed by atoms with Gasteiger partial charge in [0, 0.05) is 31.9 Å². The Bertz CT molecular complexity index is 446. The zero-order valence-corrected chi connectivity index (χ0v) is 11.9. The van der Waals surface area contributed by atoms with E-state index in [-0.39, 0.29) is 11.3 Å². The van der Waals surface area contributed by atoms with Gasteiger partial charge in [-0.25, -0.2) is 0 Å². The van der Waals surface area contributed by atoms with E-state index < -0.39 is 0 Å². The van der Waals surface area contributed by atoms with Gasteiger partial charge >= 0.3 is 0 Å². The van der Waals surface area contributed by atoms with Crippen LogP contribution in [0.2, 0.25) is 0 Å². The Morgan fingerprint density at radius 2 is 2.16 bits per heavy atom. The smallest absolute Gasteiger partial charge is 0.227 e. The molecule has 3 N–H and O–H groups in total. The van der Waals surface area contributed by atoms with Gasteiger partial charge < -0.3 is 11.1 Å². The number of nitrogens with zero attached hydrogens (tertiary/aromatic N) is 2. The van der Waals surface area contributed by atoms with Gasteiger partial charge in [-0.15, -0.1) is 0 Å². The van der Waals surface area contributed by atoms with Gasteiger partial charge in [0.25, 0.3) is 0 Å². The van der Waals surface area contributed by atoms with Gasteiger partial charge in [-0.05, 0) is 19.8 Å². The maximum atomic E-state index is 12.4. The van der Waals surface area contributed by atoms with Crippen LogP contribution in [-0.2, 0) is 18.4 Å². The van der Waals surface area contributed by atoms with Gasteiger partial charge in [0.05, 0.1) is 11.1 Å². The van der Waals surface area contributed by atoms with Gasteiger partial charge in [0.1, 0.15) is 0 Å². The molecule has 5 heteroatoms. The van der Waals surface area contributed by atoms with Crippen LogP contribution >= 0.6 is 0 Å². The Kier molecular flexibility index (Phi) is 4.24. The largest absolute Gasteiger partial charge is 0.351 e. The lowest BCUT2D eigenvalue weighted by atomic mass is 9.73. The normalized spacial score (nSPS) is 18.3. The van der Waals surface area contributed by atoms with Crippen LogP contribution in [0.3, 0.4) is 0 Å². The zero-order chi connectivity index (χ0) is 13.9. The molecule has 0 bridgehead atoms. The first-order valence-electron chi connectivity index (χ1n) is 7.05. The highest BCUT2D eigenvalue weighted by Crippen LogP contribution is 2.35. The van der Waals surface area contributed by atoms with Crippen molar-refractivity contribution in [3.8, 4) is 0 Å². The van der Waals surface area contributed by atoms with Crippen LogP contribution < -0.4 is 11.1 Å². The van der Waals surface area contributed by atoms with Crippen LogP contribution in [0, 0.1) is 12.3 Å². The molecule has 0 aliphatic heterocycles. The topological polar surface area (TPSA) is 72.9 Å². The van der Waals surface area contributed by atoms with Crippen molar-refractivity contribution in [3.63, 3.8) is 0 Å². The Balaban J connectivity index is 1.98. The SMILES string of the molecule is Cc1nn(C)cc1CNC(=O)C1(CN)CCCCC1. The maximum absolute atomic E-state index is 12.4. The van der Waals surface area contributed by atoms with E-state index in [9.17, 15) is 4.79 Å². The molecule has 1 aromatic heterocycles. The van der Waals surface area contributed by atoms with Gasteiger partial charge in [0.15, 0.2) is 0 Å². The molecule has 0 radical (unpaired) electrons. The summed E-state index contributed by atoms with van der Waals surface area (Å²) < 4.78 is 1.77. The maximum Gasteiger partial charge on any atom is 0.227 e. The highest BCUT2D eigenvalue weighted by Gasteiger charge is 2.37. The average Bonchev–Trinajstić information content (AvgIpc) is 2.75. The van der Waals surface area contributed by atoms with Crippen LogP contribution in [0.25, 0.3) is 0 Å². The van der Waals surface area contributed by atoms with Crippen molar-refractivity contribution in [2.24, 2.45) is 18.2 Å².